The maximum absolute atomic E-state index is 13.8. The molecule has 0 aromatic heterocycles. The van der Waals surface area contributed by atoms with E-state index in [1.807, 2.05) is 28.7 Å². The third-order valence-corrected chi connectivity index (χ3v) is 7.95. The van der Waals surface area contributed by atoms with Gasteiger partial charge < -0.3 is 19.3 Å². The van der Waals surface area contributed by atoms with E-state index in [4.69, 9.17) is 19.3 Å². The Morgan fingerprint density at radius 2 is 2.03 bits per heavy atom. The highest BCUT2D eigenvalue weighted by Gasteiger charge is 2.42. The van der Waals surface area contributed by atoms with Gasteiger partial charge in [0.25, 0.3) is 0 Å². The van der Waals surface area contributed by atoms with Gasteiger partial charge in [-0.3, -0.25) is 9.10 Å². The minimum absolute atomic E-state index is 0.00998. The lowest BCUT2D eigenvalue weighted by molar-refractivity contribution is -0.136. The summed E-state index contributed by atoms with van der Waals surface area (Å²) in [5, 5.41) is 9.12. The normalized spacial score (nSPS) is 28.5. The van der Waals surface area contributed by atoms with Crippen LogP contribution in [0.5, 0.6) is 0 Å². The van der Waals surface area contributed by atoms with Gasteiger partial charge >= 0.3 is 5.97 Å². The number of nitrogens with zero attached hydrogens (tertiary/aromatic N) is 1. The quantitative estimate of drug-likeness (QED) is 0.604. The molecule has 160 valence electrons. The maximum Gasteiger partial charge on any atom is 0.303 e. The zero-order valence-electron chi connectivity index (χ0n) is 17.1. The SMILES string of the molecule is C=S(=O)(C1=CC=C(OC)CC1)N1C=C(CCC(=O)O)C2=CC(OC)C(OC)CC21. The van der Waals surface area contributed by atoms with Gasteiger partial charge in [-0.15, -0.1) is 0 Å². The Morgan fingerprint density at radius 3 is 2.59 bits per heavy atom. The van der Waals surface area contributed by atoms with Crippen LogP contribution in [0.4, 0.5) is 0 Å². The molecular formula is C21H29NO6S. The van der Waals surface area contributed by atoms with Crippen LogP contribution < -0.4 is 0 Å². The third kappa shape index (κ3) is 4.29. The zero-order valence-corrected chi connectivity index (χ0v) is 17.9. The van der Waals surface area contributed by atoms with Gasteiger partial charge in [0.1, 0.15) is 6.10 Å². The largest absolute Gasteiger partial charge is 0.501 e. The first-order valence-electron chi connectivity index (χ1n) is 9.61. The predicted octanol–water partition coefficient (Wildman–Crippen LogP) is 2.62. The van der Waals surface area contributed by atoms with Gasteiger partial charge in [-0.25, -0.2) is 4.21 Å². The smallest absolute Gasteiger partial charge is 0.303 e. The Hall–Kier alpha value is -2.03. The molecule has 0 amide bonds. The summed E-state index contributed by atoms with van der Waals surface area (Å²) < 4.78 is 32.1. The van der Waals surface area contributed by atoms with Crippen LogP contribution in [0.2, 0.25) is 0 Å². The molecule has 4 unspecified atom stereocenters. The molecule has 29 heavy (non-hydrogen) atoms. The molecular weight excluding hydrogens is 394 g/mol. The molecule has 0 bridgehead atoms. The zero-order chi connectivity index (χ0) is 21.2. The summed E-state index contributed by atoms with van der Waals surface area (Å²) in [6.45, 7) is 0. The number of carbonyl (C=O) groups is 1. The highest BCUT2D eigenvalue weighted by molar-refractivity contribution is 8.01. The molecule has 0 aromatic rings. The van der Waals surface area contributed by atoms with E-state index < -0.39 is 15.7 Å². The first-order chi connectivity index (χ1) is 13.8. The van der Waals surface area contributed by atoms with Gasteiger partial charge in [-0.05, 0) is 48.1 Å². The highest BCUT2D eigenvalue weighted by Crippen LogP contribution is 2.42. The number of rotatable bonds is 8. The van der Waals surface area contributed by atoms with Crippen molar-refractivity contribution in [1.29, 1.82) is 0 Å². The number of aliphatic carboxylic acids is 1. The van der Waals surface area contributed by atoms with E-state index in [9.17, 15) is 9.00 Å². The van der Waals surface area contributed by atoms with Crippen LogP contribution in [-0.2, 0) is 28.7 Å². The fourth-order valence-electron chi connectivity index (χ4n) is 4.12. The second-order valence-corrected chi connectivity index (χ2v) is 9.59. The van der Waals surface area contributed by atoms with Crippen molar-refractivity contribution in [3.63, 3.8) is 0 Å². The van der Waals surface area contributed by atoms with Crippen molar-refractivity contribution < 1.29 is 28.3 Å². The monoisotopic (exact) mass is 423 g/mol. The summed E-state index contributed by atoms with van der Waals surface area (Å²) >= 11 is 0. The van der Waals surface area contributed by atoms with Gasteiger partial charge in [-0.2, -0.15) is 0 Å². The maximum atomic E-state index is 13.8. The molecule has 0 saturated carbocycles. The molecule has 0 spiro atoms. The predicted molar refractivity (Wildman–Crippen MR) is 113 cm³/mol. The van der Waals surface area contributed by atoms with E-state index in [0.29, 0.717) is 25.7 Å². The second kappa shape index (κ2) is 8.77. The minimum Gasteiger partial charge on any atom is -0.501 e. The Bertz CT molecular complexity index is 883. The molecule has 1 aliphatic heterocycles. The Balaban J connectivity index is 1.98. The molecule has 2 aliphatic carbocycles. The summed E-state index contributed by atoms with van der Waals surface area (Å²) in [6, 6.07) is -0.186. The number of ether oxygens (including phenoxy) is 3. The topological polar surface area (TPSA) is 85.3 Å². The van der Waals surface area contributed by atoms with Crippen LogP contribution in [0.15, 0.2) is 46.2 Å². The number of carboxylic acids is 1. The Kier molecular flexibility index (Phi) is 6.55. The molecule has 4 atom stereocenters. The number of fused-ring (bicyclic) bond motifs is 1. The minimum atomic E-state index is -2.76. The average Bonchev–Trinajstić information content (AvgIpc) is 3.09. The van der Waals surface area contributed by atoms with Gasteiger partial charge in [0, 0.05) is 44.6 Å². The molecule has 7 nitrogen and oxygen atoms in total. The molecule has 0 radical (unpaired) electrons. The molecule has 0 aromatic carbocycles. The van der Waals surface area contributed by atoms with Crippen LogP contribution in [0.25, 0.3) is 0 Å². The lowest BCUT2D eigenvalue weighted by Crippen LogP contribution is -2.44. The Labute approximate surface area is 172 Å². The summed E-state index contributed by atoms with van der Waals surface area (Å²) in [7, 11) is 2.13. The summed E-state index contributed by atoms with van der Waals surface area (Å²) in [6.07, 6.45) is 9.31. The first-order valence-corrected chi connectivity index (χ1v) is 11.3. The van der Waals surface area contributed by atoms with Gasteiger partial charge in [0.2, 0.25) is 0 Å². The van der Waals surface area contributed by atoms with Gasteiger partial charge in [0.05, 0.1) is 34.7 Å². The van der Waals surface area contributed by atoms with Crippen LogP contribution >= 0.6 is 0 Å². The highest BCUT2D eigenvalue weighted by atomic mass is 32.2. The van der Waals surface area contributed by atoms with Crippen molar-refractivity contribution in [2.45, 2.75) is 50.4 Å². The van der Waals surface area contributed by atoms with Crippen molar-refractivity contribution in [3.8, 4) is 0 Å². The van der Waals surface area contributed by atoms with Crippen molar-refractivity contribution in [1.82, 2.24) is 4.31 Å². The van der Waals surface area contributed by atoms with E-state index in [1.165, 1.54) is 0 Å². The van der Waals surface area contributed by atoms with Crippen LogP contribution in [0, 0.1) is 0 Å². The second-order valence-electron chi connectivity index (χ2n) is 7.37. The van der Waals surface area contributed by atoms with E-state index >= 15 is 0 Å². The van der Waals surface area contributed by atoms with Gasteiger partial charge in [0.15, 0.2) is 0 Å². The van der Waals surface area contributed by atoms with Crippen LogP contribution in [0.3, 0.4) is 0 Å². The number of hydrogen-bond donors (Lipinski definition) is 1. The lowest BCUT2D eigenvalue weighted by Gasteiger charge is -2.37. The van der Waals surface area contributed by atoms with E-state index in [2.05, 4.69) is 5.87 Å². The number of allylic oxidation sites excluding steroid dienone is 4. The number of carboxylic acid groups (broad SMARTS) is 1. The van der Waals surface area contributed by atoms with E-state index in [0.717, 1.165) is 21.8 Å². The summed E-state index contributed by atoms with van der Waals surface area (Å²) in [5.41, 5.74) is 1.84. The number of hydrogen-bond acceptors (Lipinski definition) is 5. The summed E-state index contributed by atoms with van der Waals surface area (Å²) in [4.78, 5) is 11.9. The molecule has 0 saturated heterocycles. The van der Waals surface area contributed by atoms with Crippen LogP contribution in [-0.4, -0.2) is 65.0 Å². The average molecular weight is 424 g/mol. The van der Waals surface area contributed by atoms with Gasteiger partial charge in [-0.1, -0.05) is 0 Å². The molecule has 3 rings (SSSR count). The third-order valence-electron chi connectivity index (χ3n) is 5.75. The molecule has 0 fully saturated rings. The van der Waals surface area contributed by atoms with Crippen LogP contribution in [0.1, 0.15) is 32.1 Å². The molecule has 1 N–H and O–H groups in total. The van der Waals surface area contributed by atoms with Crippen molar-refractivity contribution in [2.75, 3.05) is 21.3 Å². The fourth-order valence-corrected chi connectivity index (χ4v) is 6.00. The fraction of sp³-hybridized carbons (Fsp3) is 0.524. The van der Waals surface area contributed by atoms with Crippen molar-refractivity contribution in [3.05, 3.63) is 46.2 Å². The van der Waals surface area contributed by atoms with Crippen molar-refractivity contribution in [2.24, 2.45) is 0 Å². The first kappa shape index (κ1) is 21.7. The molecule has 8 heteroatoms. The molecule has 3 aliphatic rings. The summed E-state index contributed by atoms with van der Waals surface area (Å²) in [5.74, 6) is 4.08. The van der Waals surface area contributed by atoms with Crippen molar-refractivity contribution >= 4 is 21.5 Å². The van der Waals surface area contributed by atoms with E-state index in [1.54, 1.807) is 21.3 Å². The standard InChI is InChI=1S/C21H29NO6S/c1-26-15-6-8-16(9-7-15)29(4,25)22-13-14(5-10-21(23)24)17-11-19(27-2)20(28-3)12-18(17)22/h6,8,11,13,18-20H,4-5,7,9-10,12H2,1-3H3,(H,23,24). The Morgan fingerprint density at radius 1 is 1.28 bits per heavy atom. The lowest BCUT2D eigenvalue weighted by atomic mass is 9.87. The number of methoxy groups -OCH3 is 3. The van der Waals surface area contributed by atoms with E-state index in [-0.39, 0.29) is 24.7 Å². The molecule has 1 heterocycles.